The Morgan fingerprint density at radius 2 is 1.80 bits per heavy atom. The van der Waals surface area contributed by atoms with Crippen LogP contribution in [0.5, 0.6) is 0 Å². The van der Waals surface area contributed by atoms with Crippen LogP contribution in [-0.4, -0.2) is 24.3 Å². The zero-order chi connectivity index (χ0) is 7.56. The number of benzene rings is 1. The maximum atomic E-state index is 2.18. The highest BCUT2D eigenvalue weighted by molar-refractivity contribution is 6.35. The van der Waals surface area contributed by atoms with Crippen LogP contribution in [0.3, 0.4) is 0 Å². The first-order valence-corrected chi connectivity index (χ1v) is 4.45. The predicted molar refractivity (Wildman–Crippen MR) is 50.3 cm³/mol. The van der Waals surface area contributed by atoms with Crippen LogP contribution >= 0.6 is 0 Å². The first kappa shape index (κ1) is 7.35. The van der Waals surface area contributed by atoms with Gasteiger partial charge in [0.2, 0.25) is 0 Å². The van der Waals surface area contributed by atoms with Crippen molar-refractivity contribution in [3.63, 3.8) is 0 Å². The Morgan fingerprint density at radius 3 is 2.20 bits per heavy atom. The lowest BCUT2D eigenvalue weighted by atomic mass is 10.3. The van der Waals surface area contributed by atoms with E-state index in [2.05, 4.69) is 43.3 Å². The summed E-state index contributed by atoms with van der Waals surface area (Å²) in [5, 5.41) is 1.47. The second kappa shape index (κ2) is 2.88. The average Bonchev–Trinajstić information content (AvgIpc) is 1.88. The quantitative estimate of drug-likeness (QED) is 0.500. The third kappa shape index (κ3) is 1.39. The molecule has 0 spiro atoms. The fraction of sp³-hybridized carbons (Fsp3) is 0.250. The van der Waals surface area contributed by atoms with E-state index in [1.54, 1.807) is 0 Å². The van der Waals surface area contributed by atoms with Gasteiger partial charge in [-0.1, -0.05) is 18.2 Å². The van der Waals surface area contributed by atoms with Crippen molar-refractivity contribution in [1.82, 2.24) is 0 Å². The number of anilines is 1. The van der Waals surface area contributed by atoms with Gasteiger partial charge in [-0.2, -0.15) is 0 Å². The summed E-state index contributed by atoms with van der Waals surface area (Å²) in [6.07, 6.45) is 0. The van der Waals surface area contributed by atoms with E-state index in [0.29, 0.717) is 0 Å². The SMILES string of the molecule is CN(C)c1ccccc1[SiH3]. The highest BCUT2D eigenvalue weighted by atomic mass is 28.1. The number of hydrogen-bond acceptors (Lipinski definition) is 1. The predicted octanol–water partition coefficient (Wildman–Crippen LogP) is -0.257. The lowest BCUT2D eigenvalue weighted by molar-refractivity contribution is 1.14. The van der Waals surface area contributed by atoms with Crippen LogP contribution in [0.15, 0.2) is 24.3 Å². The molecule has 0 fully saturated rings. The first-order valence-electron chi connectivity index (χ1n) is 3.45. The van der Waals surface area contributed by atoms with Crippen molar-refractivity contribution >= 4 is 21.1 Å². The first-order chi connectivity index (χ1) is 4.72. The third-order valence-corrected chi connectivity index (χ3v) is 2.44. The molecule has 0 radical (unpaired) electrons. The fourth-order valence-corrected chi connectivity index (χ4v) is 1.87. The minimum atomic E-state index is 1.13. The van der Waals surface area contributed by atoms with E-state index in [-0.39, 0.29) is 0 Å². The molecule has 2 heteroatoms. The number of nitrogens with zero attached hydrogens (tertiary/aromatic N) is 1. The molecule has 0 aliphatic carbocycles. The van der Waals surface area contributed by atoms with Gasteiger partial charge in [0, 0.05) is 30.0 Å². The molecule has 1 aromatic rings. The minimum absolute atomic E-state index is 1.13. The highest BCUT2D eigenvalue weighted by Gasteiger charge is 1.95. The monoisotopic (exact) mass is 151 g/mol. The van der Waals surface area contributed by atoms with E-state index in [9.17, 15) is 0 Å². The normalized spacial score (nSPS) is 9.80. The molecule has 0 saturated carbocycles. The molecule has 10 heavy (non-hydrogen) atoms. The molecule has 0 aliphatic rings. The number of rotatable bonds is 1. The lowest BCUT2D eigenvalue weighted by Crippen LogP contribution is -2.18. The van der Waals surface area contributed by atoms with Crippen molar-refractivity contribution in [2.45, 2.75) is 0 Å². The van der Waals surface area contributed by atoms with Gasteiger partial charge < -0.3 is 4.90 Å². The average molecular weight is 151 g/mol. The highest BCUT2D eigenvalue weighted by Crippen LogP contribution is 2.03. The van der Waals surface area contributed by atoms with E-state index in [1.807, 2.05) is 0 Å². The van der Waals surface area contributed by atoms with E-state index < -0.39 is 0 Å². The second-order valence-corrected chi connectivity index (χ2v) is 3.76. The number of hydrogen-bond donors (Lipinski definition) is 0. The Labute approximate surface area is 65.1 Å². The topological polar surface area (TPSA) is 3.24 Å². The van der Waals surface area contributed by atoms with E-state index in [0.717, 1.165) is 10.2 Å². The van der Waals surface area contributed by atoms with Crippen molar-refractivity contribution in [2.75, 3.05) is 19.0 Å². The van der Waals surface area contributed by atoms with Crippen molar-refractivity contribution in [2.24, 2.45) is 0 Å². The fourth-order valence-electron chi connectivity index (χ4n) is 1.07. The van der Waals surface area contributed by atoms with Crippen LogP contribution in [0.4, 0.5) is 5.69 Å². The zero-order valence-corrected chi connectivity index (χ0v) is 8.76. The Kier molecular flexibility index (Phi) is 2.12. The molecule has 0 saturated heterocycles. The molecule has 54 valence electrons. The van der Waals surface area contributed by atoms with Crippen LogP contribution in [-0.2, 0) is 0 Å². The summed E-state index contributed by atoms with van der Waals surface area (Å²) < 4.78 is 0. The molecule has 1 rings (SSSR count). The Hall–Kier alpha value is -0.763. The van der Waals surface area contributed by atoms with Gasteiger partial charge in [0.25, 0.3) is 0 Å². The van der Waals surface area contributed by atoms with Crippen LogP contribution in [0.2, 0.25) is 0 Å². The van der Waals surface area contributed by atoms with Crippen molar-refractivity contribution in [3.8, 4) is 0 Å². The number of para-hydroxylation sites is 1. The van der Waals surface area contributed by atoms with E-state index in [4.69, 9.17) is 0 Å². The van der Waals surface area contributed by atoms with Crippen LogP contribution in [0.1, 0.15) is 0 Å². The molecule has 0 aliphatic heterocycles. The standard InChI is InChI=1S/C8H13NSi/c1-9(2)7-5-3-4-6-8(7)10/h3-6H,1-2,10H3. The third-order valence-electron chi connectivity index (χ3n) is 1.60. The van der Waals surface area contributed by atoms with Gasteiger partial charge in [-0.05, 0) is 11.3 Å². The Morgan fingerprint density at radius 1 is 1.20 bits per heavy atom. The van der Waals surface area contributed by atoms with Gasteiger partial charge >= 0.3 is 0 Å². The van der Waals surface area contributed by atoms with Gasteiger partial charge in [0.1, 0.15) is 0 Å². The minimum Gasteiger partial charge on any atom is -0.378 e. The lowest BCUT2D eigenvalue weighted by Gasteiger charge is -2.14. The summed E-state index contributed by atoms with van der Waals surface area (Å²) in [6, 6.07) is 8.51. The summed E-state index contributed by atoms with van der Waals surface area (Å²) in [7, 11) is 5.29. The molecule has 0 aromatic heterocycles. The molecular formula is C8H13NSi. The molecule has 0 unspecified atom stereocenters. The second-order valence-electron chi connectivity index (χ2n) is 2.68. The smallest absolute Gasteiger partial charge is 0.0412 e. The van der Waals surface area contributed by atoms with Crippen molar-refractivity contribution in [1.29, 1.82) is 0 Å². The largest absolute Gasteiger partial charge is 0.378 e. The van der Waals surface area contributed by atoms with Crippen LogP contribution in [0, 0.1) is 0 Å². The molecule has 1 aromatic carbocycles. The van der Waals surface area contributed by atoms with Gasteiger partial charge in [-0.15, -0.1) is 0 Å². The van der Waals surface area contributed by atoms with Gasteiger partial charge in [0.15, 0.2) is 0 Å². The van der Waals surface area contributed by atoms with Gasteiger partial charge in [-0.3, -0.25) is 0 Å². The van der Waals surface area contributed by atoms with Crippen molar-refractivity contribution in [3.05, 3.63) is 24.3 Å². The maximum Gasteiger partial charge on any atom is 0.0412 e. The molecule has 0 heterocycles. The summed E-state index contributed by atoms with van der Waals surface area (Å²) >= 11 is 0. The summed E-state index contributed by atoms with van der Waals surface area (Å²) in [5.41, 5.74) is 1.36. The zero-order valence-electron chi connectivity index (χ0n) is 6.76. The Bertz CT molecular complexity index is 220. The molecular weight excluding hydrogens is 138 g/mol. The maximum absolute atomic E-state index is 2.18. The molecule has 0 N–H and O–H groups in total. The summed E-state index contributed by atoms with van der Waals surface area (Å²) in [6.45, 7) is 0. The van der Waals surface area contributed by atoms with E-state index in [1.165, 1.54) is 10.9 Å². The Balaban J connectivity index is 3.03. The van der Waals surface area contributed by atoms with Gasteiger partial charge in [0.05, 0.1) is 0 Å². The molecule has 0 atom stereocenters. The van der Waals surface area contributed by atoms with E-state index >= 15 is 0 Å². The van der Waals surface area contributed by atoms with Crippen LogP contribution in [0.25, 0.3) is 0 Å². The summed E-state index contributed by atoms with van der Waals surface area (Å²) in [5.74, 6) is 0. The summed E-state index contributed by atoms with van der Waals surface area (Å²) in [4.78, 5) is 2.16. The molecule has 1 nitrogen and oxygen atoms in total. The molecule has 0 amide bonds. The van der Waals surface area contributed by atoms with Crippen molar-refractivity contribution < 1.29 is 0 Å². The molecule has 0 bridgehead atoms. The van der Waals surface area contributed by atoms with Crippen LogP contribution < -0.4 is 10.1 Å². The van der Waals surface area contributed by atoms with Gasteiger partial charge in [-0.25, -0.2) is 0 Å².